The van der Waals surface area contributed by atoms with Crippen molar-refractivity contribution < 1.29 is 4.79 Å². The average molecular weight is 434 g/mol. The zero-order valence-electron chi connectivity index (χ0n) is 17.8. The molecule has 7 heteroatoms. The smallest absolute Gasteiger partial charge is 0.226 e. The molecule has 2 atom stereocenters. The number of carbonyl (C=O) groups excluding carboxylic acids is 1. The fraction of sp³-hybridized carbons (Fsp3) is 0.292. The Balaban J connectivity index is 1.55. The van der Waals surface area contributed by atoms with E-state index in [1.807, 2.05) is 49.4 Å². The molecule has 2 aromatic heterocycles. The molecule has 0 unspecified atom stereocenters. The molecule has 1 aromatic carbocycles. The third kappa shape index (κ3) is 4.46. The van der Waals surface area contributed by atoms with Crippen molar-refractivity contribution in [1.29, 1.82) is 0 Å². The molecule has 1 saturated heterocycles. The number of rotatable bonds is 7. The van der Waals surface area contributed by atoms with Gasteiger partial charge in [-0.05, 0) is 62.0 Å². The van der Waals surface area contributed by atoms with Crippen molar-refractivity contribution in [2.45, 2.75) is 38.9 Å². The highest BCUT2D eigenvalue weighted by Gasteiger charge is 2.40. The van der Waals surface area contributed by atoms with Crippen LogP contribution in [0.5, 0.6) is 0 Å². The first-order chi connectivity index (χ1) is 15.1. The Morgan fingerprint density at radius 3 is 2.71 bits per heavy atom. The summed E-state index contributed by atoms with van der Waals surface area (Å²) < 4.78 is 2.22. The second kappa shape index (κ2) is 9.31. The number of thiocarbonyl (C=S) groups is 1. The third-order valence-corrected chi connectivity index (χ3v) is 6.06. The standard InChI is InChI=1S/C24H27N5OS/c1-3-28-15-8-12-20(28)23-22(19-11-6-7-14-25-19)27-24(31)29(23)16-13-21(30)26-18-10-5-4-9-17(18)2/h4-12,14-15,22-23H,3,13,16H2,1-2H3,(H,26,30)(H,27,31)/t22-,23-/m0/s1. The minimum absolute atomic E-state index is 0.0250. The molecule has 4 rings (SSSR count). The Bertz CT molecular complexity index is 1060. The van der Waals surface area contributed by atoms with E-state index >= 15 is 0 Å². The number of para-hydroxylation sites is 1. The maximum atomic E-state index is 12.7. The van der Waals surface area contributed by atoms with Gasteiger partial charge in [-0.25, -0.2) is 0 Å². The third-order valence-electron chi connectivity index (χ3n) is 5.71. The highest BCUT2D eigenvalue weighted by molar-refractivity contribution is 7.80. The first kappa shape index (κ1) is 21.1. The van der Waals surface area contributed by atoms with Crippen molar-refractivity contribution in [3.63, 3.8) is 0 Å². The van der Waals surface area contributed by atoms with Gasteiger partial charge in [-0.1, -0.05) is 24.3 Å². The Morgan fingerprint density at radius 1 is 1.16 bits per heavy atom. The van der Waals surface area contributed by atoms with Crippen LogP contribution in [0.2, 0.25) is 0 Å². The van der Waals surface area contributed by atoms with Crippen molar-refractivity contribution in [3.8, 4) is 0 Å². The van der Waals surface area contributed by atoms with E-state index in [4.69, 9.17) is 12.2 Å². The summed E-state index contributed by atoms with van der Waals surface area (Å²) in [6, 6.07) is 17.8. The summed E-state index contributed by atoms with van der Waals surface area (Å²) in [7, 11) is 0. The van der Waals surface area contributed by atoms with E-state index < -0.39 is 0 Å². The van der Waals surface area contributed by atoms with E-state index in [9.17, 15) is 4.79 Å². The van der Waals surface area contributed by atoms with Gasteiger partial charge in [-0.15, -0.1) is 0 Å². The molecule has 31 heavy (non-hydrogen) atoms. The van der Waals surface area contributed by atoms with E-state index in [1.54, 1.807) is 6.20 Å². The fourth-order valence-corrected chi connectivity index (χ4v) is 4.43. The Labute approximate surface area is 188 Å². The summed E-state index contributed by atoms with van der Waals surface area (Å²) in [5.74, 6) is -0.0250. The van der Waals surface area contributed by atoms with Crippen LogP contribution < -0.4 is 10.6 Å². The van der Waals surface area contributed by atoms with Gasteiger partial charge in [0.15, 0.2) is 5.11 Å². The zero-order valence-corrected chi connectivity index (χ0v) is 18.6. The van der Waals surface area contributed by atoms with Crippen LogP contribution in [0.3, 0.4) is 0 Å². The van der Waals surface area contributed by atoms with Gasteiger partial charge in [-0.3, -0.25) is 9.78 Å². The summed E-state index contributed by atoms with van der Waals surface area (Å²) in [5, 5.41) is 7.11. The van der Waals surface area contributed by atoms with Crippen LogP contribution in [-0.2, 0) is 11.3 Å². The van der Waals surface area contributed by atoms with E-state index in [0.717, 1.165) is 29.2 Å². The number of hydrogen-bond donors (Lipinski definition) is 2. The van der Waals surface area contributed by atoms with Crippen molar-refractivity contribution in [2.24, 2.45) is 0 Å². The molecular formula is C24H27N5OS. The minimum atomic E-state index is -0.0756. The molecule has 3 aromatic rings. The van der Waals surface area contributed by atoms with Gasteiger partial charge in [0.1, 0.15) is 0 Å². The van der Waals surface area contributed by atoms with Crippen LogP contribution in [0, 0.1) is 6.92 Å². The molecular weight excluding hydrogens is 406 g/mol. The Morgan fingerprint density at radius 2 is 1.97 bits per heavy atom. The predicted octanol–water partition coefficient (Wildman–Crippen LogP) is 4.21. The van der Waals surface area contributed by atoms with Gasteiger partial charge in [0, 0.05) is 43.3 Å². The minimum Gasteiger partial charge on any atom is -0.352 e. The molecule has 1 amide bonds. The second-order valence-corrected chi connectivity index (χ2v) is 8.04. The molecule has 2 N–H and O–H groups in total. The number of nitrogens with zero attached hydrogens (tertiary/aromatic N) is 3. The van der Waals surface area contributed by atoms with Crippen molar-refractivity contribution in [1.82, 2.24) is 19.8 Å². The van der Waals surface area contributed by atoms with Crippen LogP contribution >= 0.6 is 12.2 Å². The Kier molecular flexibility index (Phi) is 6.32. The topological polar surface area (TPSA) is 62.2 Å². The monoisotopic (exact) mass is 433 g/mol. The SMILES string of the molecule is CCn1cccc1[C@H]1[C@H](c2ccccn2)NC(=S)N1CCC(=O)Nc1ccccc1C. The lowest BCUT2D eigenvalue weighted by Gasteiger charge is -2.28. The maximum absolute atomic E-state index is 12.7. The summed E-state index contributed by atoms with van der Waals surface area (Å²) in [6.07, 6.45) is 4.22. The largest absolute Gasteiger partial charge is 0.352 e. The van der Waals surface area contributed by atoms with E-state index in [-0.39, 0.29) is 18.0 Å². The van der Waals surface area contributed by atoms with Gasteiger partial charge in [-0.2, -0.15) is 0 Å². The maximum Gasteiger partial charge on any atom is 0.226 e. The number of carbonyl (C=O) groups is 1. The molecule has 0 saturated carbocycles. The quantitative estimate of drug-likeness (QED) is 0.547. The number of anilines is 1. The molecule has 0 radical (unpaired) electrons. The number of nitrogens with one attached hydrogen (secondary N) is 2. The molecule has 1 aliphatic heterocycles. The van der Waals surface area contributed by atoms with Crippen molar-refractivity contribution >= 4 is 28.9 Å². The summed E-state index contributed by atoms with van der Waals surface area (Å²) in [6.45, 7) is 5.50. The molecule has 6 nitrogen and oxygen atoms in total. The van der Waals surface area contributed by atoms with Gasteiger partial charge < -0.3 is 20.1 Å². The highest BCUT2D eigenvalue weighted by Crippen LogP contribution is 2.38. The van der Waals surface area contributed by atoms with Crippen LogP contribution in [0.15, 0.2) is 67.0 Å². The number of aromatic nitrogens is 2. The molecule has 160 valence electrons. The van der Waals surface area contributed by atoms with Gasteiger partial charge in [0.05, 0.1) is 17.8 Å². The number of pyridine rings is 1. The zero-order chi connectivity index (χ0) is 21.8. The van der Waals surface area contributed by atoms with Crippen molar-refractivity contribution in [3.05, 3.63) is 83.9 Å². The van der Waals surface area contributed by atoms with E-state index in [0.29, 0.717) is 18.1 Å². The summed E-state index contributed by atoms with van der Waals surface area (Å²) in [4.78, 5) is 19.4. The van der Waals surface area contributed by atoms with E-state index in [1.165, 1.54) is 0 Å². The number of benzene rings is 1. The molecule has 1 aliphatic rings. The van der Waals surface area contributed by atoms with Crippen LogP contribution in [0.25, 0.3) is 0 Å². The molecule has 0 spiro atoms. The first-order valence-electron chi connectivity index (χ1n) is 10.6. The molecule has 0 aliphatic carbocycles. The average Bonchev–Trinajstić information content (AvgIpc) is 3.38. The van der Waals surface area contributed by atoms with Gasteiger partial charge >= 0.3 is 0 Å². The Hall–Kier alpha value is -3.19. The lowest BCUT2D eigenvalue weighted by atomic mass is 10.0. The molecule has 1 fully saturated rings. The van der Waals surface area contributed by atoms with Crippen LogP contribution in [-0.4, -0.2) is 32.0 Å². The van der Waals surface area contributed by atoms with Crippen LogP contribution in [0.4, 0.5) is 5.69 Å². The van der Waals surface area contributed by atoms with Crippen molar-refractivity contribution in [2.75, 3.05) is 11.9 Å². The number of aryl methyl sites for hydroxylation is 2. The number of hydrogen-bond acceptors (Lipinski definition) is 3. The molecule has 3 heterocycles. The second-order valence-electron chi connectivity index (χ2n) is 7.65. The normalized spacial score (nSPS) is 18.1. The van der Waals surface area contributed by atoms with Gasteiger partial charge in [0.25, 0.3) is 0 Å². The lowest BCUT2D eigenvalue weighted by Crippen LogP contribution is -2.33. The fourth-order valence-electron chi connectivity index (χ4n) is 4.10. The van der Waals surface area contributed by atoms with Gasteiger partial charge in [0.2, 0.25) is 5.91 Å². The predicted molar refractivity (Wildman–Crippen MR) is 127 cm³/mol. The first-order valence-corrected chi connectivity index (χ1v) is 11.0. The van der Waals surface area contributed by atoms with Crippen LogP contribution in [0.1, 0.15) is 42.4 Å². The summed E-state index contributed by atoms with van der Waals surface area (Å²) in [5.41, 5.74) is 3.98. The summed E-state index contributed by atoms with van der Waals surface area (Å²) >= 11 is 5.70. The highest BCUT2D eigenvalue weighted by atomic mass is 32.1. The number of amides is 1. The van der Waals surface area contributed by atoms with E-state index in [2.05, 4.69) is 50.3 Å². The molecule has 0 bridgehead atoms. The lowest BCUT2D eigenvalue weighted by molar-refractivity contribution is -0.116.